The molecule has 0 amide bonds. The van der Waals surface area contributed by atoms with Crippen LogP contribution in [0.5, 0.6) is 0 Å². The van der Waals surface area contributed by atoms with E-state index in [2.05, 4.69) is 55.4 Å². The van der Waals surface area contributed by atoms with Crippen molar-refractivity contribution in [2.24, 2.45) is 35.5 Å². The second-order valence-electron chi connectivity index (χ2n) is 16.6. The van der Waals surface area contributed by atoms with Crippen LogP contribution in [-0.2, 0) is 23.8 Å². The van der Waals surface area contributed by atoms with E-state index in [1.54, 1.807) is 0 Å². The Morgan fingerprint density at radius 3 is 1.29 bits per heavy atom. The average molecular weight is 694 g/mol. The van der Waals surface area contributed by atoms with Gasteiger partial charge in [0.2, 0.25) is 5.87 Å². The van der Waals surface area contributed by atoms with Gasteiger partial charge in [-0.1, -0.05) is 107 Å². The molecule has 49 heavy (non-hydrogen) atoms. The first-order chi connectivity index (χ1) is 23.2. The van der Waals surface area contributed by atoms with Crippen molar-refractivity contribution in [3.05, 3.63) is 0 Å². The minimum Gasteiger partial charge on any atom is -0.471 e. The summed E-state index contributed by atoms with van der Waals surface area (Å²) in [5, 5.41) is 0. The zero-order chi connectivity index (χ0) is 37.0. The van der Waals surface area contributed by atoms with Gasteiger partial charge in [-0.3, -0.25) is 14.4 Å². The van der Waals surface area contributed by atoms with E-state index >= 15 is 0 Å². The summed E-state index contributed by atoms with van der Waals surface area (Å²) in [6.45, 7) is 18.9. The van der Waals surface area contributed by atoms with Gasteiger partial charge in [-0.15, -0.1) is 0 Å². The summed E-state index contributed by atoms with van der Waals surface area (Å²) in [4.78, 5) is 39.1. The smallest absolute Gasteiger partial charge is 0.305 e. The van der Waals surface area contributed by atoms with E-state index in [9.17, 15) is 14.4 Å². The molecule has 0 aromatic carbocycles. The van der Waals surface area contributed by atoms with Gasteiger partial charge in [0.25, 0.3) is 7.28 Å². The van der Waals surface area contributed by atoms with Crippen LogP contribution >= 0.6 is 0 Å². The molecule has 0 rings (SSSR count). The van der Waals surface area contributed by atoms with Crippen LogP contribution in [0.2, 0.25) is 0 Å². The lowest BCUT2D eigenvalue weighted by molar-refractivity contribution is -0.146. The fourth-order valence-corrected chi connectivity index (χ4v) is 6.02. The van der Waals surface area contributed by atoms with Crippen LogP contribution in [0.15, 0.2) is 0 Å². The van der Waals surface area contributed by atoms with Crippen molar-refractivity contribution in [3.63, 3.8) is 0 Å². The van der Waals surface area contributed by atoms with Crippen molar-refractivity contribution in [3.8, 4) is 0 Å². The highest BCUT2D eigenvalue weighted by atomic mass is 16.5. The Hall–Kier alpha value is -1.57. The minimum atomic E-state index is -0.108. The van der Waals surface area contributed by atoms with Crippen LogP contribution in [0.25, 0.3) is 0 Å². The van der Waals surface area contributed by atoms with Crippen molar-refractivity contribution in [2.75, 3.05) is 33.8 Å². The van der Waals surface area contributed by atoms with Crippen molar-refractivity contribution in [1.82, 2.24) is 4.90 Å². The number of hydrogen-bond acceptors (Lipinski definition) is 7. The third kappa shape index (κ3) is 29.8. The topological polar surface area (TPSA) is 82.1 Å². The highest BCUT2D eigenvalue weighted by Crippen LogP contribution is 2.23. The first-order valence-electron chi connectivity index (χ1n) is 20.4. The van der Waals surface area contributed by atoms with Gasteiger partial charge in [-0.05, 0) is 107 Å². The van der Waals surface area contributed by atoms with Crippen LogP contribution in [0.4, 0.5) is 4.79 Å². The largest absolute Gasteiger partial charge is 0.471 e. The maximum absolute atomic E-state index is 12.5. The van der Waals surface area contributed by atoms with E-state index in [-0.39, 0.29) is 23.9 Å². The van der Waals surface area contributed by atoms with E-state index in [0.29, 0.717) is 75.3 Å². The van der Waals surface area contributed by atoms with Crippen molar-refractivity contribution in [2.45, 2.75) is 177 Å². The molecule has 8 heteroatoms. The highest BCUT2D eigenvalue weighted by Gasteiger charge is 2.19. The van der Waals surface area contributed by atoms with Gasteiger partial charge < -0.3 is 19.1 Å². The van der Waals surface area contributed by atoms with Crippen LogP contribution < -0.4 is 0 Å². The van der Waals surface area contributed by atoms with Crippen LogP contribution in [0, 0.1) is 35.5 Å². The summed E-state index contributed by atoms with van der Waals surface area (Å²) in [6.07, 6.45) is 18.2. The summed E-state index contributed by atoms with van der Waals surface area (Å²) < 4.78 is 17.2. The van der Waals surface area contributed by atoms with E-state index in [0.717, 1.165) is 89.9 Å². The molecular formula is C41H80BNO6. The van der Waals surface area contributed by atoms with Gasteiger partial charge in [0.1, 0.15) is 6.10 Å². The molecule has 0 heterocycles. The molecule has 0 aromatic rings. The fraction of sp³-hybridized carbons (Fsp3) is 0.927. The summed E-state index contributed by atoms with van der Waals surface area (Å²) in [7, 11) is 4.36. The van der Waals surface area contributed by atoms with Gasteiger partial charge in [0.15, 0.2) is 0 Å². The Morgan fingerprint density at radius 1 is 0.531 bits per heavy atom. The Labute approximate surface area is 304 Å². The quantitative estimate of drug-likeness (QED) is 0.0300. The molecule has 0 radical (unpaired) electrons. The summed E-state index contributed by atoms with van der Waals surface area (Å²) in [5.41, 5.74) is 0. The number of nitrogens with zero attached hydrogens (tertiary/aromatic N) is 1. The molecule has 0 fully saturated rings. The van der Waals surface area contributed by atoms with Crippen LogP contribution in [0.3, 0.4) is 0 Å². The van der Waals surface area contributed by atoms with Gasteiger partial charge >= 0.3 is 11.9 Å². The molecule has 7 nitrogen and oxygen atoms in total. The number of rotatable bonds is 32. The maximum atomic E-state index is 12.5. The van der Waals surface area contributed by atoms with Gasteiger partial charge in [-0.2, -0.15) is 0 Å². The Balaban J connectivity index is 4.32. The van der Waals surface area contributed by atoms with E-state index in [1.807, 2.05) is 19.0 Å². The molecule has 0 N–H and O–H groups in total. The monoisotopic (exact) mass is 694 g/mol. The Morgan fingerprint density at radius 2 is 0.918 bits per heavy atom. The lowest BCUT2D eigenvalue weighted by atomic mass is 9.78. The molecule has 288 valence electrons. The molecule has 0 spiro atoms. The predicted octanol–water partition coefficient (Wildman–Crippen LogP) is 10.4. The van der Waals surface area contributed by atoms with Crippen molar-refractivity contribution >= 4 is 25.1 Å². The summed E-state index contributed by atoms with van der Waals surface area (Å²) >= 11 is 0. The predicted molar refractivity (Wildman–Crippen MR) is 207 cm³/mol. The lowest BCUT2D eigenvalue weighted by Crippen LogP contribution is -2.28. The van der Waals surface area contributed by atoms with Crippen LogP contribution in [-0.4, -0.2) is 69.8 Å². The van der Waals surface area contributed by atoms with E-state index in [1.165, 1.54) is 12.8 Å². The molecule has 2 unspecified atom stereocenters. The first kappa shape index (κ1) is 47.4. The molecule has 0 saturated carbocycles. The van der Waals surface area contributed by atoms with Crippen LogP contribution in [0.1, 0.15) is 171 Å². The first-order valence-corrected chi connectivity index (χ1v) is 20.4. The zero-order valence-electron chi connectivity index (χ0n) is 34.0. The van der Waals surface area contributed by atoms with Gasteiger partial charge in [-0.25, -0.2) is 0 Å². The number of hydrogen-bond donors (Lipinski definition) is 0. The molecular weight excluding hydrogens is 613 g/mol. The molecule has 0 aliphatic carbocycles. The molecule has 0 aromatic heterocycles. The minimum absolute atomic E-state index is 0.0335. The van der Waals surface area contributed by atoms with Gasteiger partial charge in [0, 0.05) is 12.8 Å². The third-order valence-corrected chi connectivity index (χ3v) is 9.91. The number of ether oxygens (including phenoxy) is 3. The van der Waals surface area contributed by atoms with Gasteiger partial charge in [0.05, 0.1) is 13.2 Å². The maximum Gasteiger partial charge on any atom is 0.305 e. The molecule has 0 aliphatic rings. The fourth-order valence-electron chi connectivity index (χ4n) is 6.02. The van der Waals surface area contributed by atoms with Crippen molar-refractivity contribution in [1.29, 1.82) is 0 Å². The highest BCUT2D eigenvalue weighted by molar-refractivity contribution is 6.72. The SMILES string of the molecule is CC(C)CCC(COC(=O)CCCCCCCC(CCCCCCCC(=O)OCC(CCC(C)C)C(C)C)OC(=O)BCN(C)C)C(C)C. The second kappa shape index (κ2) is 30.1. The Kier molecular flexibility index (Phi) is 29.1. The number of carbonyl (C=O) groups excluding carboxylic acids is 3. The summed E-state index contributed by atoms with van der Waals surface area (Å²) in [6, 6.07) is 0. The van der Waals surface area contributed by atoms with Crippen molar-refractivity contribution < 1.29 is 28.6 Å². The molecule has 2 atom stereocenters. The molecule has 0 aliphatic heterocycles. The van der Waals surface area contributed by atoms with E-state index < -0.39 is 0 Å². The zero-order valence-corrected chi connectivity index (χ0v) is 34.0. The molecule has 0 bridgehead atoms. The Bertz CT molecular complexity index is 777. The normalized spacial score (nSPS) is 13.7. The average Bonchev–Trinajstić information content (AvgIpc) is 3.01. The third-order valence-electron chi connectivity index (χ3n) is 9.91. The summed E-state index contributed by atoms with van der Waals surface area (Å²) in [5.74, 6) is 3.06. The molecule has 0 saturated heterocycles. The number of unbranched alkanes of at least 4 members (excludes halogenated alkanes) is 8. The number of carbonyl (C=O) groups is 3. The number of esters is 2. The standard InChI is InChI=1S/C41H80BNO6/c1-32(2)25-27-36(34(5)6)29-47-39(44)23-19-15-11-13-17-21-38(49-41(46)42-31-43(9)10)22-18-14-12-16-20-24-40(45)48-30-37(35(7)8)28-26-33(3)4/h32-38,42H,11-31H2,1-10H3. The van der Waals surface area contributed by atoms with E-state index in [4.69, 9.17) is 14.2 Å². The second-order valence-corrected chi connectivity index (χ2v) is 16.6. The lowest BCUT2D eigenvalue weighted by Gasteiger charge is -2.21.